The number of aromatic nitrogens is 3. The number of aryl methyl sites for hydroxylation is 2. The van der Waals surface area contributed by atoms with Gasteiger partial charge in [0.15, 0.2) is 17.6 Å². The van der Waals surface area contributed by atoms with Gasteiger partial charge >= 0.3 is 0 Å². The second kappa shape index (κ2) is 12.4. The van der Waals surface area contributed by atoms with Crippen LogP contribution in [-0.4, -0.2) is 38.9 Å². The maximum absolute atomic E-state index is 12.4. The van der Waals surface area contributed by atoms with E-state index >= 15 is 0 Å². The van der Waals surface area contributed by atoms with Gasteiger partial charge in [0, 0.05) is 12.2 Å². The Hall–Kier alpha value is -3.33. The van der Waals surface area contributed by atoms with E-state index in [9.17, 15) is 9.59 Å². The molecule has 0 radical (unpaired) electrons. The molecule has 2 aromatic carbocycles. The van der Waals surface area contributed by atoms with Crippen LogP contribution in [0.3, 0.4) is 0 Å². The first-order valence-corrected chi connectivity index (χ1v) is 12.7. The molecule has 3 aromatic rings. The number of hydrogen-bond acceptors (Lipinski definition) is 6. The van der Waals surface area contributed by atoms with Gasteiger partial charge in [-0.25, -0.2) is 0 Å². The standard InChI is InChI=1S/C26H33N5O3S/c1-6-31-23(14-27-24(32)15-34-22-9-7-20(8-10-22)17(2)3)29-30-26(31)35-16-25(33)28-21-12-18(4)11-19(5)13-21/h7-13,17H,6,14-16H2,1-5H3,(H,27,32)(H,28,33). The van der Waals surface area contributed by atoms with Crippen LogP contribution in [0.15, 0.2) is 47.6 Å². The summed E-state index contributed by atoms with van der Waals surface area (Å²) in [6.45, 7) is 11.0. The van der Waals surface area contributed by atoms with Crippen molar-refractivity contribution in [2.45, 2.75) is 58.8 Å². The number of ether oxygens (including phenoxy) is 1. The first kappa shape index (κ1) is 26.3. The predicted octanol–water partition coefficient (Wildman–Crippen LogP) is 4.46. The van der Waals surface area contributed by atoms with Crippen molar-refractivity contribution in [3.63, 3.8) is 0 Å². The second-order valence-corrected chi connectivity index (χ2v) is 9.59. The summed E-state index contributed by atoms with van der Waals surface area (Å²) in [6.07, 6.45) is 0. The van der Waals surface area contributed by atoms with E-state index in [1.54, 1.807) is 0 Å². The van der Waals surface area contributed by atoms with Crippen molar-refractivity contribution in [2.75, 3.05) is 17.7 Å². The van der Waals surface area contributed by atoms with Crippen LogP contribution in [-0.2, 0) is 22.7 Å². The first-order chi connectivity index (χ1) is 16.7. The minimum absolute atomic E-state index is 0.0818. The number of thioether (sulfide) groups is 1. The lowest BCUT2D eigenvalue weighted by Crippen LogP contribution is -2.29. The number of rotatable bonds is 11. The molecule has 1 heterocycles. The van der Waals surface area contributed by atoms with Gasteiger partial charge < -0.3 is 19.9 Å². The molecule has 0 aliphatic rings. The summed E-state index contributed by atoms with van der Waals surface area (Å²) >= 11 is 1.31. The van der Waals surface area contributed by atoms with E-state index in [-0.39, 0.29) is 30.7 Å². The van der Waals surface area contributed by atoms with Crippen LogP contribution in [0.1, 0.15) is 49.2 Å². The number of hydrogen-bond donors (Lipinski definition) is 2. The van der Waals surface area contributed by atoms with Crippen molar-refractivity contribution in [1.82, 2.24) is 20.1 Å². The molecule has 1 aromatic heterocycles. The third kappa shape index (κ3) is 7.85. The van der Waals surface area contributed by atoms with Crippen LogP contribution < -0.4 is 15.4 Å². The zero-order chi connectivity index (χ0) is 25.4. The number of carbonyl (C=O) groups excluding carboxylic acids is 2. The Morgan fingerprint density at radius 3 is 2.34 bits per heavy atom. The van der Waals surface area contributed by atoms with Crippen LogP contribution in [0.25, 0.3) is 0 Å². The van der Waals surface area contributed by atoms with Crippen LogP contribution in [0.2, 0.25) is 0 Å². The summed E-state index contributed by atoms with van der Waals surface area (Å²) in [5.74, 6) is 1.57. The van der Waals surface area contributed by atoms with E-state index in [1.165, 1.54) is 17.3 Å². The van der Waals surface area contributed by atoms with Gasteiger partial charge in [-0.15, -0.1) is 10.2 Å². The van der Waals surface area contributed by atoms with Crippen LogP contribution in [0.5, 0.6) is 5.75 Å². The summed E-state index contributed by atoms with van der Waals surface area (Å²) in [5, 5.41) is 14.8. The van der Waals surface area contributed by atoms with Crippen molar-refractivity contribution in [3.8, 4) is 5.75 Å². The number of nitrogens with one attached hydrogen (secondary N) is 2. The Balaban J connectivity index is 1.47. The van der Waals surface area contributed by atoms with Crippen LogP contribution >= 0.6 is 11.8 Å². The third-order valence-electron chi connectivity index (χ3n) is 5.31. The molecule has 3 rings (SSSR count). The number of carbonyl (C=O) groups is 2. The summed E-state index contributed by atoms with van der Waals surface area (Å²) in [5.41, 5.74) is 4.20. The molecular formula is C26H33N5O3S. The third-order valence-corrected chi connectivity index (χ3v) is 6.27. The fourth-order valence-electron chi connectivity index (χ4n) is 3.57. The molecule has 0 spiro atoms. The number of anilines is 1. The van der Waals surface area contributed by atoms with Gasteiger partial charge in [-0.1, -0.05) is 43.8 Å². The van der Waals surface area contributed by atoms with Gasteiger partial charge in [-0.3, -0.25) is 9.59 Å². The molecule has 0 saturated heterocycles. The number of nitrogens with zero attached hydrogens (tertiary/aromatic N) is 3. The summed E-state index contributed by atoms with van der Waals surface area (Å²) in [7, 11) is 0. The molecule has 0 fully saturated rings. The Labute approximate surface area is 210 Å². The van der Waals surface area contributed by atoms with Gasteiger partial charge in [0.25, 0.3) is 5.91 Å². The predicted molar refractivity (Wildman–Crippen MR) is 139 cm³/mol. The summed E-state index contributed by atoms with van der Waals surface area (Å²) in [4.78, 5) is 24.7. The number of amides is 2. The average molecular weight is 496 g/mol. The monoisotopic (exact) mass is 495 g/mol. The van der Waals surface area contributed by atoms with E-state index < -0.39 is 0 Å². The van der Waals surface area contributed by atoms with Crippen molar-refractivity contribution in [2.24, 2.45) is 0 Å². The first-order valence-electron chi connectivity index (χ1n) is 11.7. The molecule has 186 valence electrons. The molecule has 0 saturated carbocycles. The highest BCUT2D eigenvalue weighted by molar-refractivity contribution is 7.99. The van der Waals surface area contributed by atoms with Gasteiger partial charge in [0.2, 0.25) is 5.91 Å². The lowest BCUT2D eigenvalue weighted by Gasteiger charge is -2.10. The van der Waals surface area contributed by atoms with Gasteiger partial charge in [0.1, 0.15) is 5.75 Å². The maximum Gasteiger partial charge on any atom is 0.258 e. The Kier molecular flexibility index (Phi) is 9.31. The molecule has 8 nitrogen and oxygen atoms in total. The molecule has 35 heavy (non-hydrogen) atoms. The molecular weight excluding hydrogens is 462 g/mol. The minimum Gasteiger partial charge on any atom is -0.484 e. The second-order valence-electron chi connectivity index (χ2n) is 8.65. The fraction of sp³-hybridized carbons (Fsp3) is 0.385. The smallest absolute Gasteiger partial charge is 0.258 e. The molecule has 0 bridgehead atoms. The van der Waals surface area contributed by atoms with E-state index in [2.05, 4.69) is 40.7 Å². The minimum atomic E-state index is -0.245. The van der Waals surface area contributed by atoms with Crippen LogP contribution in [0.4, 0.5) is 5.69 Å². The SMILES string of the molecule is CCn1c(CNC(=O)COc2ccc(C(C)C)cc2)nnc1SCC(=O)Nc1cc(C)cc(C)c1. The fourth-order valence-corrected chi connectivity index (χ4v) is 4.40. The average Bonchev–Trinajstić information content (AvgIpc) is 3.21. The van der Waals surface area contributed by atoms with E-state index in [4.69, 9.17) is 4.74 Å². The lowest BCUT2D eigenvalue weighted by molar-refractivity contribution is -0.123. The zero-order valence-corrected chi connectivity index (χ0v) is 21.7. The molecule has 2 amide bonds. The number of benzene rings is 2. The van der Waals surface area contributed by atoms with Crippen molar-refractivity contribution < 1.29 is 14.3 Å². The molecule has 0 unspecified atom stereocenters. The molecule has 0 atom stereocenters. The van der Waals surface area contributed by atoms with Gasteiger partial charge in [-0.05, 0) is 67.6 Å². The molecule has 0 aliphatic heterocycles. The van der Waals surface area contributed by atoms with Gasteiger partial charge in [0.05, 0.1) is 12.3 Å². The van der Waals surface area contributed by atoms with Crippen molar-refractivity contribution in [1.29, 1.82) is 0 Å². The molecule has 9 heteroatoms. The van der Waals surface area contributed by atoms with Crippen LogP contribution in [0, 0.1) is 13.8 Å². The topological polar surface area (TPSA) is 98.1 Å². The Bertz CT molecular complexity index is 1140. The van der Waals surface area contributed by atoms with Gasteiger partial charge in [-0.2, -0.15) is 0 Å². The lowest BCUT2D eigenvalue weighted by atomic mass is 10.0. The van der Waals surface area contributed by atoms with E-state index in [0.717, 1.165) is 16.8 Å². The Morgan fingerprint density at radius 2 is 1.71 bits per heavy atom. The Morgan fingerprint density at radius 1 is 1.03 bits per heavy atom. The molecule has 0 aliphatic carbocycles. The van der Waals surface area contributed by atoms with E-state index in [1.807, 2.05) is 61.7 Å². The van der Waals surface area contributed by atoms with Crippen molar-refractivity contribution in [3.05, 3.63) is 65.0 Å². The zero-order valence-electron chi connectivity index (χ0n) is 20.9. The summed E-state index contributed by atoms with van der Waals surface area (Å²) in [6, 6.07) is 13.7. The molecule has 2 N–H and O–H groups in total. The highest BCUT2D eigenvalue weighted by Crippen LogP contribution is 2.20. The highest BCUT2D eigenvalue weighted by Gasteiger charge is 2.14. The largest absolute Gasteiger partial charge is 0.484 e. The maximum atomic E-state index is 12.4. The quantitative estimate of drug-likeness (QED) is 0.381. The highest BCUT2D eigenvalue weighted by atomic mass is 32.2. The normalized spacial score (nSPS) is 10.9. The summed E-state index contributed by atoms with van der Waals surface area (Å²) < 4.78 is 7.47. The van der Waals surface area contributed by atoms with Crippen molar-refractivity contribution >= 4 is 29.3 Å². The van der Waals surface area contributed by atoms with E-state index in [0.29, 0.717) is 29.2 Å².